The first-order valence-electron chi connectivity index (χ1n) is 8.75. The number of rotatable bonds is 6. The smallest absolute Gasteiger partial charge is 0.253 e. The number of halogens is 1. The third-order valence-corrected chi connectivity index (χ3v) is 5.14. The molecule has 3 aromatic carbocycles. The molecule has 0 aliphatic carbocycles. The Bertz CT molecular complexity index is 907. The predicted octanol–water partition coefficient (Wildman–Crippen LogP) is 5.38. The Labute approximate surface area is 174 Å². The van der Waals surface area contributed by atoms with Gasteiger partial charge in [-0.2, -0.15) is 0 Å². The van der Waals surface area contributed by atoms with E-state index in [0.717, 1.165) is 22.3 Å². The van der Waals surface area contributed by atoms with Crippen molar-refractivity contribution in [3.63, 3.8) is 0 Å². The van der Waals surface area contributed by atoms with Crippen LogP contribution in [0.1, 0.15) is 21.5 Å². The maximum Gasteiger partial charge on any atom is 0.253 e. The second-order valence-corrected chi connectivity index (χ2v) is 7.70. The quantitative estimate of drug-likeness (QED) is 0.452. The molecule has 0 aliphatic rings. The van der Waals surface area contributed by atoms with E-state index in [1.807, 2.05) is 55.6 Å². The number of amides is 1. The number of benzene rings is 3. The van der Waals surface area contributed by atoms with Crippen LogP contribution < -0.4 is 0 Å². The van der Waals surface area contributed by atoms with Crippen LogP contribution in [-0.2, 0) is 17.9 Å². The van der Waals surface area contributed by atoms with Gasteiger partial charge in [0.2, 0.25) is 0 Å². The Morgan fingerprint density at radius 1 is 1.00 bits per heavy atom. The lowest BCUT2D eigenvalue weighted by Gasteiger charge is -2.19. The van der Waals surface area contributed by atoms with Gasteiger partial charge in [-0.25, -0.2) is 0 Å². The van der Waals surface area contributed by atoms with E-state index in [0.29, 0.717) is 18.7 Å². The largest absolute Gasteiger partial charge is 0.380 e. The van der Waals surface area contributed by atoms with E-state index in [4.69, 9.17) is 4.74 Å². The van der Waals surface area contributed by atoms with Crippen LogP contribution in [0.2, 0.25) is 0 Å². The minimum absolute atomic E-state index is 0.00497. The molecule has 0 N–H and O–H groups in total. The maximum absolute atomic E-state index is 12.9. The molecular formula is C23H22INO2. The first-order valence-corrected chi connectivity index (χ1v) is 9.83. The molecule has 0 atom stereocenters. The van der Waals surface area contributed by atoms with Crippen molar-refractivity contribution >= 4 is 28.5 Å². The fourth-order valence-electron chi connectivity index (χ4n) is 3.06. The van der Waals surface area contributed by atoms with E-state index in [9.17, 15) is 4.79 Å². The zero-order valence-electron chi connectivity index (χ0n) is 15.5. The average Bonchev–Trinajstić information content (AvgIpc) is 2.69. The Kier molecular flexibility index (Phi) is 6.63. The monoisotopic (exact) mass is 471 g/mol. The Balaban J connectivity index is 1.86. The summed E-state index contributed by atoms with van der Waals surface area (Å²) < 4.78 is 6.57. The number of hydrogen-bond donors (Lipinski definition) is 0. The van der Waals surface area contributed by atoms with E-state index in [-0.39, 0.29) is 5.91 Å². The molecule has 0 aliphatic heterocycles. The highest BCUT2D eigenvalue weighted by molar-refractivity contribution is 14.1. The van der Waals surface area contributed by atoms with Gasteiger partial charge < -0.3 is 9.64 Å². The van der Waals surface area contributed by atoms with Gasteiger partial charge in [-0.1, -0.05) is 48.5 Å². The van der Waals surface area contributed by atoms with Crippen LogP contribution in [0.3, 0.4) is 0 Å². The molecule has 27 heavy (non-hydrogen) atoms. The predicted molar refractivity (Wildman–Crippen MR) is 118 cm³/mol. The third-order valence-electron chi connectivity index (χ3n) is 4.42. The summed E-state index contributed by atoms with van der Waals surface area (Å²) in [5.41, 5.74) is 5.02. The van der Waals surface area contributed by atoms with Gasteiger partial charge in [-0.3, -0.25) is 4.79 Å². The zero-order valence-corrected chi connectivity index (χ0v) is 17.6. The van der Waals surface area contributed by atoms with Crippen LogP contribution >= 0.6 is 22.6 Å². The second kappa shape index (κ2) is 9.15. The Morgan fingerprint density at radius 2 is 1.70 bits per heavy atom. The summed E-state index contributed by atoms with van der Waals surface area (Å²) in [4.78, 5) is 14.6. The number of carbonyl (C=O) groups excluding carboxylic acids is 1. The number of ether oxygens (including phenoxy) is 1. The number of hydrogen-bond acceptors (Lipinski definition) is 2. The minimum Gasteiger partial charge on any atom is -0.380 e. The summed E-state index contributed by atoms with van der Waals surface area (Å²) in [7, 11) is 3.51. The van der Waals surface area contributed by atoms with E-state index >= 15 is 0 Å². The fourth-order valence-corrected chi connectivity index (χ4v) is 3.42. The molecule has 0 heterocycles. The highest BCUT2D eigenvalue weighted by Gasteiger charge is 2.15. The fraction of sp³-hybridized carbons (Fsp3) is 0.174. The number of methoxy groups -OCH3 is 1. The summed E-state index contributed by atoms with van der Waals surface area (Å²) >= 11 is 2.30. The van der Waals surface area contributed by atoms with Gasteiger partial charge in [0.25, 0.3) is 5.91 Å². The van der Waals surface area contributed by atoms with E-state index < -0.39 is 0 Å². The van der Waals surface area contributed by atoms with Gasteiger partial charge in [0.05, 0.1) is 6.61 Å². The second-order valence-electron chi connectivity index (χ2n) is 6.46. The summed E-state index contributed by atoms with van der Waals surface area (Å²) in [6.45, 7) is 1.04. The van der Waals surface area contributed by atoms with Gasteiger partial charge in [0, 0.05) is 29.8 Å². The standard InChI is InChI=1S/C23H22INO2/c1-25(15-17-6-4-3-5-7-17)23(26)19-10-13-22(20(14-19)16-27-2)18-8-11-21(24)12-9-18/h3-14H,15-16H2,1-2H3. The molecule has 3 rings (SSSR count). The highest BCUT2D eigenvalue weighted by atomic mass is 127. The first-order chi connectivity index (χ1) is 13.1. The molecule has 3 nitrogen and oxygen atoms in total. The molecule has 4 heteroatoms. The summed E-state index contributed by atoms with van der Waals surface area (Å²) in [6, 6.07) is 24.2. The number of nitrogens with zero attached hydrogens (tertiary/aromatic N) is 1. The molecule has 0 saturated carbocycles. The molecule has 0 fully saturated rings. The van der Waals surface area contributed by atoms with Crippen LogP contribution in [0.4, 0.5) is 0 Å². The van der Waals surface area contributed by atoms with Gasteiger partial charge >= 0.3 is 0 Å². The summed E-state index contributed by atoms with van der Waals surface area (Å²) in [5, 5.41) is 0. The molecule has 0 spiro atoms. The zero-order chi connectivity index (χ0) is 19.2. The molecule has 3 aromatic rings. The SMILES string of the molecule is COCc1cc(C(=O)N(C)Cc2ccccc2)ccc1-c1ccc(I)cc1. The summed E-state index contributed by atoms with van der Waals surface area (Å²) in [5.74, 6) is 0.00497. The van der Waals surface area contributed by atoms with Gasteiger partial charge in [0.1, 0.15) is 0 Å². The molecule has 0 bridgehead atoms. The molecule has 0 saturated heterocycles. The van der Waals surface area contributed by atoms with E-state index in [1.54, 1.807) is 12.0 Å². The maximum atomic E-state index is 12.9. The molecule has 0 aromatic heterocycles. The van der Waals surface area contributed by atoms with Gasteiger partial charge in [-0.05, 0) is 69.1 Å². The Hall–Kier alpha value is -2.18. The van der Waals surface area contributed by atoms with Gasteiger partial charge in [-0.15, -0.1) is 0 Å². The molecule has 0 unspecified atom stereocenters. The van der Waals surface area contributed by atoms with Crippen molar-refractivity contribution in [3.05, 3.63) is 93.1 Å². The lowest BCUT2D eigenvalue weighted by atomic mass is 9.97. The third kappa shape index (κ3) is 4.96. The Morgan fingerprint density at radius 3 is 2.37 bits per heavy atom. The van der Waals surface area contributed by atoms with Crippen molar-refractivity contribution in [2.75, 3.05) is 14.2 Å². The van der Waals surface area contributed by atoms with Crippen molar-refractivity contribution < 1.29 is 9.53 Å². The van der Waals surface area contributed by atoms with Crippen molar-refractivity contribution in [1.82, 2.24) is 4.90 Å². The van der Waals surface area contributed by atoms with Crippen LogP contribution in [0.15, 0.2) is 72.8 Å². The molecule has 1 amide bonds. The van der Waals surface area contributed by atoms with Gasteiger partial charge in [0.15, 0.2) is 0 Å². The average molecular weight is 471 g/mol. The van der Waals surface area contributed by atoms with E-state index in [1.165, 1.54) is 3.57 Å². The molecule has 0 radical (unpaired) electrons. The minimum atomic E-state index is 0.00497. The summed E-state index contributed by atoms with van der Waals surface area (Å²) in [6.07, 6.45) is 0. The van der Waals surface area contributed by atoms with Crippen molar-refractivity contribution in [2.24, 2.45) is 0 Å². The molecule has 138 valence electrons. The normalized spacial score (nSPS) is 10.6. The van der Waals surface area contributed by atoms with Crippen LogP contribution in [0.5, 0.6) is 0 Å². The first kappa shape index (κ1) is 19.6. The topological polar surface area (TPSA) is 29.5 Å². The van der Waals surface area contributed by atoms with Crippen LogP contribution in [0, 0.1) is 3.57 Å². The molecular weight excluding hydrogens is 449 g/mol. The van der Waals surface area contributed by atoms with Crippen molar-refractivity contribution in [2.45, 2.75) is 13.2 Å². The highest BCUT2D eigenvalue weighted by Crippen LogP contribution is 2.27. The lowest BCUT2D eigenvalue weighted by molar-refractivity contribution is 0.0785. The lowest BCUT2D eigenvalue weighted by Crippen LogP contribution is -2.26. The van der Waals surface area contributed by atoms with E-state index in [2.05, 4.69) is 46.9 Å². The van der Waals surface area contributed by atoms with Crippen LogP contribution in [0.25, 0.3) is 11.1 Å². The van der Waals surface area contributed by atoms with Crippen molar-refractivity contribution in [3.8, 4) is 11.1 Å². The van der Waals surface area contributed by atoms with Crippen LogP contribution in [-0.4, -0.2) is 25.0 Å². The van der Waals surface area contributed by atoms with Crippen molar-refractivity contribution in [1.29, 1.82) is 0 Å². The number of carbonyl (C=O) groups is 1.